The number of aliphatic hydroxyl groups is 1. The summed E-state index contributed by atoms with van der Waals surface area (Å²) < 4.78 is 15.7. The zero-order valence-electron chi connectivity index (χ0n) is 25.8. The lowest BCUT2D eigenvalue weighted by molar-refractivity contribution is -0.153. The number of methoxy groups -OCH3 is 1. The first-order chi connectivity index (χ1) is 19.9. The van der Waals surface area contributed by atoms with Crippen molar-refractivity contribution in [1.82, 2.24) is 0 Å². The largest absolute Gasteiger partial charge is 0.497 e. The third-order valence-electron chi connectivity index (χ3n) is 7.76. The van der Waals surface area contributed by atoms with Gasteiger partial charge in [-0.3, -0.25) is 9.59 Å². The number of hydrogen-bond donors (Lipinski definition) is 1. The molecule has 0 aliphatic heterocycles. The Hall–Kier alpha value is -2.60. The molecule has 0 amide bonds. The number of carbonyl (C=O) groups excluding carboxylic acids is 2. The smallest absolute Gasteiger partial charge is 0.313 e. The fourth-order valence-electron chi connectivity index (χ4n) is 5.03. The minimum absolute atomic E-state index is 0.170. The second-order valence-corrected chi connectivity index (χ2v) is 11.4. The molecule has 0 aliphatic carbocycles. The van der Waals surface area contributed by atoms with Crippen LogP contribution in [-0.4, -0.2) is 43.5 Å². The van der Waals surface area contributed by atoms with E-state index in [2.05, 4.69) is 6.92 Å². The molecule has 0 saturated heterocycles. The van der Waals surface area contributed by atoms with Crippen LogP contribution in [0.4, 0.5) is 0 Å². The average Bonchev–Trinajstić information content (AvgIpc) is 2.99. The number of rotatable bonds is 23. The number of esters is 2. The van der Waals surface area contributed by atoms with E-state index in [9.17, 15) is 14.7 Å². The van der Waals surface area contributed by atoms with Gasteiger partial charge in [0.25, 0.3) is 0 Å². The molecule has 2 rings (SSSR count). The van der Waals surface area contributed by atoms with Gasteiger partial charge in [0.2, 0.25) is 0 Å². The molecular weight excluding hydrogens is 516 g/mol. The van der Waals surface area contributed by atoms with E-state index < -0.39 is 18.0 Å². The Balaban J connectivity index is 1.47. The Morgan fingerprint density at radius 1 is 0.707 bits per heavy atom. The van der Waals surface area contributed by atoms with Crippen molar-refractivity contribution in [1.29, 1.82) is 0 Å². The number of carbonyl (C=O) groups is 2. The van der Waals surface area contributed by atoms with Crippen LogP contribution in [0.15, 0.2) is 36.4 Å². The van der Waals surface area contributed by atoms with Gasteiger partial charge in [-0.15, -0.1) is 0 Å². The summed E-state index contributed by atoms with van der Waals surface area (Å²) in [6, 6.07) is 11.6. The van der Waals surface area contributed by atoms with E-state index in [4.69, 9.17) is 14.2 Å². The summed E-state index contributed by atoms with van der Waals surface area (Å²) >= 11 is 0. The molecule has 0 radical (unpaired) electrons. The molecule has 6 heteroatoms. The standard InChI is InChI=1S/C35H54O6/c1-4-5-6-7-8-9-10-11-12-13-14-15-16-17-18-19-34(37)40-26-32(36)27-41-35(38)28(2)29-20-21-31-25-33(39-3)23-22-30(31)24-29/h20-25,28,32,36H,4-19,26-27H2,1-3H3/t28-,32-/m0/s1. The minimum Gasteiger partial charge on any atom is -0.497 e. The van der Waals surface area contributed by atoms with E-state index in [-0.39, 0.29) is 19.2 Å². The summed E-state index contributed by atoms with van der Waals surface area (Å²) in [6.45, 7) is 3.66. The number of benzene rings is 2. The number of unbranched alkanes of at least 4 members (excludes halogenated alkanes) is 14. The van der Waals surface area contributed by atoms with Crippen LogP contribution in [0.5, 0.6) is 5.75 Å². The predicted octanol–water partition coefficient (Wildman–Crippen LogP) is 8.66. The van der Waals surface area contributed by atoms with Crippen LogP contribution in [0.2, 0.25) is 0 Å². The molecule has 0 aliphatic rings. The SMILES string of the molecule is CCCCCCCCCCCCCCCCCC(=O)OC[C@H](O)COC(=O)[C@@H](C)c1ccc2cc(OC)ccc2c1. The second kappa shape index (κ2) is 21.2. The van der Waals surface area contributed by atoms with E-state index in [1.165, 1.54) is 77.0 Å². The summed E-state index contributed by atoms with van der Waals surface area (Å²) in [5.41, 5.74) is 0.831. The molecule has 230 valence electrons. The van der Waals surface area contributed by atoms with Gasteiger partial charge < -0.3 is 19.3 Å². The van der Waals surface area contributed by atoms with E-state index in [1.807, 2.05) is 36.4 Å². The van der Waals surface area contributed by atoms with Crippen molar-refractivity contribution in [3.8, 4) is 5.75 Å². The van der Waals surface area contributed by atoms with Crippen molar-refractivity contribution >= 4 is 22.7 Å². The molecule has 0 aromatic heterocycles. The van der Waals surface area contributed by atoms with E-state index in [0.717, 1.165) is 41.3 Å². The first kappa shape index (κ1) is 34.6. The highest BCUT2D eigenvalue weighted by Crippen LogP contribution is 2.26. The summed E-state index contributed by atoms with van der Waals surface area (Å²) in [5.74, 6) is -0.448. The van der Waals surface area contributed by atoms with Crippen LogP contribution in [0.1, 0.15) is 128 Å². The Morgan fingerprint density at radius 2 is 1.22 bits per heavy atom. The van der Waals surface area contributed by atoms with E-state index >= 15 is 0 Å². The van der Waals surface area contributed by atoms with Gasteiger partial charge in [-0.1, -0.05) is 121 Å². The summed E-state index contributed by atoms with van der Waals surface area (Å²) in [4.78, 5) is 24.5. The number of ether oxygens (including phenoxy) is 3. The number of fused-ring (bicyclic) bond motifs is 1. The van der Waals surface area contributed by atoms with Gasteiger partial charge in [0, 0.05) is 6.42 Å². The van der Waals surface area contributed by atoms with Crippen LogP contribution in [0.3, 0.4) is 0 Å². The van der Waals surface area contributed by atoms with Gasteiger partial charge in [-0.05, 0) is 41.8 Å². The second-order valence-electron chi connectivity index (χ2n) is 11.4. The van der Waals surface area contributed by atoms with Crippen LogP contribution in [-0.2, 0) is 19.1 Å². The van der Waals surface area contributed by atoms with Gasteiger partial charge in [0.05, 0.1) is 13.0 Å². The molecule has 0 heterocycles. The zero-order valence-corrected chi connectivity index (χ0v) is 25.8. The summed E-state index contributed by atoms with van der Waals surface area (Å²) in [7, 11) is 1.63. The topological polar surface area (TPSA) is 82.1 Å². The van der Waals surface area contributed by atoms with Crippen molar-refractivity contribution in [3.63, 3.8) is 0 Å². The average molecular weight is 571 g/mol. The van der Waals surface area contributed by atoms with Gasteiger partial charge in [-0.2, -0.15) is 0 Å². The molecule has 41 heavy (non-hydrogen) atoms. The zero-order chi connectivity index (χ0) is 29.7. The maximum Gasteiger partial charge on any atom is 0.313 e. The normalized spacial score (nSPS) is 12.7. The quantitative estimate of drug-likeness (QED) is 0.106. The van der Waals surface area contributed by atoms with E-state index in [0.29, 0.717) is 6.42 Å². The predicted molar refractivity (Wildman–Crippen MR) is 166 cm³/mol. The molecule has 2 aromatic rings. The molecule has 0 fully saturated rings. The lowest BCUT2D eigenvalue weighted by Crippen LogP contribution is -2.26. The molecule has 6 nitrogen and oxygen atoms in total. The van der Waals surface area contributed by atoms with Crippen LogP contribution in [0, 0.1) is 0 Å². The summed E-state index contributed by atoms with van der Waals surface area (Å²) in [5, 5.41) is 12.2. The van der Waals surface area contributed by atoms with Crippen LogP contribution in [0.25, 0.3) is 10.8 Å². The molecule has 0 saturated carbocycles. The molecule has 0 spiro atoms. The highest BCUT2D eigenvalue weighted by atomic mass is 16.6. The van der Waals surface area contributed by atoms with Gasteiger partial charge in [0.1, 0.15) is 25.1 Å². The van der Waals surface area contributed by atoms with Crippen molar-refractivity contribution in [2.75, 3.05) is 20.3 Å². The van der Waals surface area contributed by atoms with Gasteiger partial charge >= 0.3 is 11.9 Å². The third kappa shape index (κ3) is 14.7. The Labute approximate surface area is 248 Å². The molecular formula is C35H54O6. The molecule has 1 N–H and O–H groups in total. The lowest BCUT2D eigenvalue weighted by atomic mass is 9.98. The van der Waals surface area contributed by atoms with Crippen molar-refractivity contribution < 1.29 is 28.9 Å². The maximum absolute atomic E-state index is 12.5. The van der Waals surface area contributed by atoms with Crippen LogP contribution >= 0.6 is 0 Å². The molecule has 2 aromatic carbocycles. The third-order valence-corrected chi connectivity index (χ3v) is 7.76. The Kier molecular flexibility index (Phi) is 17.9. The fraction of sp³-hybridized carbons (Fsp3) is 0.657. The fourth-order valence-corrected chi connectivity index (χ4v) is 5.03. The van der Waals surface area contributed by atoms with Crippen LogP contribution < -0.4 is 4.74 Å². The number of hydrogen-bond acceptors (Lipinski definition) is 6. The van der Waals surface area contributed by atoms with Gasteiger partial charge in [0.15, 0.2) is 0 Å². The Bertz CT molecular complexity index is 1000. The Morgan fingerprint density at radius 3 is 1.80 bits per heavy atom. The molecule has 2 atom stereocenters. The highest BCUT2D eigenvalue weighted by molar-refractivity contribution is 5.86. The van der Waals surface area contributed by atoms with Gasteiger partial charge in [-0.25, -0.2) is 0 Å². The van der Waals surface area contributed by atoms with Crippen molar-refractivity contribution in [2.45, 2.75) is 129 Å². The lowest BCUT2D eigenvalue weighted by Gasteiger charge is -2.15. The first-order valence-corrected chi connectivity index (χ1v) is 16.0. The summed E-state index contributed by atoms with van der Waals surface area (Å²) in [6.07, 6.45) is 18.5. The highest BCUT2D eigenvalue weighted by Gasteiger charge is 2.19. The maximum atomic E-state index is 12.5. The number of aliphatic hydroxyl groups excluding tert-OH is 1. The first-order valence-electron chi connectivity index (χ1n) is 16.0. The van der Waals surface area contributed by atoms with Crippen molar-refractivity contribution in [2.24, 2.45) is 0 Å². The molecule has 0 unspecified atom stereocenters. The minimum atomic E-state index is -1.04. The molecule has 0 bridgehead atoms. The monoisotopic (exact) mass is 570 g/mol. The van der Waals surface area contributed by atoms with Crippen molar-refractivity contribution in [3.05, 3.63) is 42.0 Å². The van der Waals surface area contributed by atoms with E-state index in [1.54, 1.807) is 14.0 Å².